The minimum absolute atomic E-state index is 0.0249. The molecule has 1 N–H and O–H groups in total. The van der Waals surface area contributed by atoms with Gasteiger partial charge in [0.05, 0.1) is 13.2 Å². The van der Waals surface area contributed by atoms with Gasteiger partial charge in [-0.2, -0.15) is 10.5 Å². The Morgan fingerprint density at radius 3 is 2.53 bits per heavy atom. The highest BCUT2D eigenvalue weighted by Crippen LogP contribution is 2.26. The number of nitrogens with zero attached hydrogens (tertiary/aromatic N) is 2. The smallest absolute Gasteiger partial charge is 0.130 e. The van der Waals surface area contributed by atoms with Crippen LogP contribution >= 0.6 is 0 Å². The molecular weight excluding hydrogens is 216 g/mol. The van der Waals surface area contributed by atoms with Crippen molar-refractivity contribution in [3.05, 3.63) is 34.9 Å². The van der Waals surface area contributed by atoms with E-state index in [0.29, 0.717) is 16.9 Å². The van der Waals surface area contributed by atoms with Gasteiger partial charge in [-0.25, -0.2) is 0 Å². The van der Waals surface area contributed by atoms with Gasteiger partial charge in [-0.3, -0.25) is 0 Å². The Morgan fingerprint density at radius 1 is 1.41 bits per heavy atom. The van der Waals surface area contributed by atoms with Gasteiger partial charge >= 0.3 is 0 Å². The number of hydrogen-bond acceptors (Lipinski definition) is 4. The second-order valence-corrected chi connectivity index (χ2v) is 3.46. The second-order valence-electron chi connectivity index (χ2n) is 3.46. The van der Waals surface area contributed by atoms with E-state index in [1.54, 1.807) is 37.3 Å². The largest absolute Gasteiger partial charge is 0.496 e. The van der Waals surface area contributed by atoms with Gasteiger partial charge in [-0.1, -0.05) is 12.1 Å². The first-order valence-electron chi connectivity index (χ1n) is 5.00. The van der Waals surface area contributed by atoms with E-state index in [1.165, 1.54) is 13.2 Å². The van der Waals surface area contributed by atoms with Crippen LogP contribution in [0.15, 0.2) is 23.8 Å². The van der Waals surface area contributed by atoms with Gasteiger partial charge in [0.25, 0.3) is 0 Å². The third kappa shape index (κ3) is 3.07. The maximum absolute atomic E-state index is 9.50. The van der Waals surface area contributed by atoms with Crippen molar-refractivity contribution in [1.29, 1.82) is 10.5 Å². The first kappa shape index (κ1) is 12.8. The van der Waals surface area contributed by atoms with Gasteiger partial charge in [0.1, 0.15) is 23.5 Å². The molecule has 1 atom stereocenters. The first-order chi connectivity index (χ1) is 8.12. The van der Waals surface area contributed by atoms with Crippen LogP contribution in [-0.2, 0) is 0 Å². The van der Waals surface area contributed by atoms with Crippen LogP contribution in [0.3, 0.4) is 0 Å². The summed E-state index contributed by atoms with van der Waals surface area (Å²) < 4.78 is 5.14. The molecule has 0 aliphatic rings. The Labute approximate surface area is 100.0 Å². The first-order valence-corrected chi connectivity index (χ1v) is 5.00. The summed E-state index contributed by atoms with van der Waals surface area (Å²) in [4.78, 5) is 0. The molecule has 0 saturated heterocycles. The summed E-state index contributed by atoms with van der Waals surface area (Å²) in [6.07, 6.45) is 0.836. The van der Waals surface area contributed by atoms with Crippen molar-refractivity contribution in [2.24, 2.45) is 0 Å². The summed E-state index contributed by atoms with van der Waals surface area (Å²) >= 11 is 0. The number of benzene rings is 1. The van der Waals surface area contributed by atoms with Crippen LogP contribution in [0.25, 0.3) is 6.08 Å². The molecule has 0 saturated carbocycles. The van der Waals surface area contributed by atoms with Crippen LogP contribution in [0.4, 0.5) is 0 Å². The van der Waals surface area contributed by atoms with Crippen LogP contribution < -0.4 is 4.74 Å². The van der Waals surface area contributed by atoms with Crippen LogP contribution in [0.1, 0.15) is 24.2 Å². The minimum atomic E-state index is -0.630. The average Bonchev–Trinajstić information content (AvgIpc) is 2.35. The predicted octanol–water partition coefficient (Wildman–Crippen LogP) is 2.18. The molecule has 0 spiro atoms. The molecule has 0 amide bonds. The molecule has 1 rings (SSSR count). The lowest BCUT2D eigenvalue weighted by atomic mass is 10.0. The molecule has 1 aromatic rings. The average molecular weight is 228 g/mol. The van der Waals surface area contributed by atoms with Crippen LogP contribution in [0.5, 0.6) is 5.75 Å². The number of allylic oxidation sites excluding steroid dienone is 1. The number of methoxy groups -OCH3 is 1. The van der Waals surface area contributed by atoms with E-state index in [0.717, 1.165) is 0 Å². The van der Waals surface area contributed by atoms with Crippen molar-refractivity contribution in [3.8, 4) is 17.9 Å². The Balaban J connectivity index is 3.20. The molecule has 0 bridgehead atoms. The van der Waals surface area contributed by atoms with Crippen molar-refractivity contribution < 1.29 is 9.84 Å². The highest BCUT2D eigenvalue weighted by molar-refractivity contribution is 5.63. The zero-order valence-electron chi connectivity index (χ0n) is 9.64. The SMILES string of the molecule is COc1cc(C=C(C#N)C#N)ccc1C(C)O. The lowest BCUT2D eigenvalue weighted by molar-refractivity contribution is 0.194. The van der Waals surface area contributed by atoms with Crippen molar-refractivity contribution in [3.63, 3.8) is 0 Å². The molecule has 0 radical (unpaired) electrons. The summed E-state index contributed by atoms with van der Waals surface area (Å²) in [5, 5.41) is 26.8. The lowest BCUT2D eigenvalue weighted by Crippen LogP contribution is -1.96. The molecule has 0 heterocycles. The van der Waals surface area contributed by atoms with Gasteiger partial charge in [0, 0.05) is 5.56 Å². The fourth-order valence-corrected chi connectivity index (χ4v) is 1.42. The Kier molecular flexibility index (Phi) is 4.28. The fraction of sp³-hybridized carbons (Fsp3) is 0.231. The molecule has 0 aliphatic heterocycles. The maximum atomic E-state index is 9.50. The number of hydrogen-bond donors (Lipinski definition) is 1. The maximum Gasteiger partial charge on any atom is 0.130 e. The normalized spacial score (nSPS) is 10.9. The van der Waals surface area contributed by atoms with Crippen LogP contribution in [0, 0.1) is 22.7 Å². The van der Waals surface area contributed by atoms with E-state index in [-0.39, 0.29) is 5.57 Å². The van der Waals surface area contributed by atoms with Crippen molar-refractivity contribution in [2.45, 2.75) is 13.0 Å². The predicted molar refractivity (Wildman–Crippen MR) is 62.8 cm³/mol. The van der Waals surface area contributed by atoms with Crippen LogP contribution in [-0.4, -0.2) is 12.2 Å². The van der Waals surface area contributed by atoms with Crippen molar-refractivity contribution in [1.82, 2.24) is 0 Å². The molecule has 4 heteroatoms. The molecule has 1 aromatic carbocycles. The lowest BCUT2D eigenvalue weighted by Gasteiger charge is -2.11. The zero-order valence-corrected chi connectivity index (χ0v) is 9.64. The quantitative estimate of drug-likeness (QED) is 0.804. The number of ether oxygens (including phenoxy) is 1. The van der Waals surface area contributed by atoms with E-state index >= 15 is 0 Å². The van der Waals surface area contributed by atoms with E-state index in [2.05, 4.69) is 0 Å². The summed E-state index contributed by atoms with van der Waals surface area (Å²) in [6.45, 7) is 1.64. The van der Waals surface area contributed by atoms with Gasteiger partial charge in [0.2, 0.25) is 0 Å². The van der Waals surface area contributed by atoms with Crippen LogP contribution in [0.2, 0.25) is 0 Å². The monoisotopic (exact) mass is 228 g/mol. The fourth-order valence-electron chi connectivity index (χ4n) is 1.42. The van der Waals surface area contributed by atoms with Gasteiger partial charge in [0.15, 0.2) is 0 Å². The highest BCUT2D eigenvalue weighted by Gasteiger charge is 2.08. The molecule has 0 aliphatic carbocycles. The standard InChI is InChI=1S/C13H12N2O2/c1-9(16)12-4-3-10(6-13(12)17-2)5-11(7-14)8-15/h3-6,9,16H,1-2H3. The Bertz CT molecular complexity index is 503. The number of aliphatic hydroxyl groups is 1. The Morgan fingerprint density at radius 2 is 2.06 bits per heavy atom. The number of aliphatic hydroxyl groups excluding tert-OH is 1. The third-order valence-electron chi connectivity index (χ3n) is 2.26. The minimum Gasteiger partial charge on any atom is -0.496 e. The molecule has 0 fully saturated rings. The zero-order chi connectivity index (χ0) is 12.8. The van der Waals surface area contributed by atoms with Gasteiger partial charge in [-0.05, 0) is 24.6 Å². The molecular formula is C13H12N2O2. The van der Waals surface area contributed by atoms with Crippen molar-refractivity contribution in [2.75, 3.05) is 7.11 Å². The Hall–Kier alpha value is -2.30. The molecule has 0 aromatic heterocycles. The van der Waals surface area contributed by atoms with E-state index in [1.807, 2.05) is 0 Å². The van der Waals surface area contributed by atoms with E-state index in [4.69, 9.17) is 15.3 Å². The topological polar surface area (TPSA) is 77.0 Å². The van der Waals surface area contributed by atoms with Gasteiger partial charge < -0.3 is 9.84 Å². The molecule has 86 valence electrons. The summed E-state index contributed by atoms with van der Waals surface area (Å²) in [7, 11) is 1.50. The number of nitriles is 2. The summed E-state index contributed by atoms with van der Waals surface area (Å²) in [5.41, 5.74) is 1.38. The molecule has 1 unspecified atom stereocenters. The van der Waals surface area contributed by atoms with E-state index < -0.39 is 6.10 Å². The third-order valence-corrected chi connectivity index (χ3v) is 2.26. The van der Waals surface area contributed by atoms with Crippen molar-refractivity contribution >= 4 is 6.08 Å². The second kappa shape index (κ2) is 5.69. The molecule has 4 nitrogen and oxygen atoms in total. The highest BCUT2D eigenvalue weighted by atomic mass is 16.5. The van der Waals surface area contributed by atoms with E-state index in [9.17, 15) is 5.11 Å². The summed E-state index contributed by atoms with van der Waals surface area (Å²) in [6, 6.07) is 8.68. The summed E-state index contributed by atoms with van der Waals surface area (Å²) in [5.74, 6) is 0.531. The van der Waals surface area contributed by atoms with Gasteiger partial charge in [-0.15, -0.1) is 0 Å². The number of rotatable bonds is 3. The molecule has 17 heavy (non-hydrogen) atoms.